The van der Waals surface area contributed by atoms with Crippen LogP contribution in [0.4, 0.5) is 0 Å². The van der Waals surface area contributed by atoms with Crippen LogP contribution in [0.25, 0.3) is 0 Å². The van der Waals surface area contributed by atoms with Crippen LogP contribution < -0.4 is 5.32 Å². The van der Waals surface area contributed by atoms with Crippen LogP contribution in [0.2, 0.25) is 0 Å². The Morgan fingerprint density at radius 1 is 1.19 bits per heavy atom. The van der Waals surface area contributed by atoms with Crippen molar-refractivity contribution in [3.8, 4) is 0 Å². The van der Waals surface area contributed by atoms with Gasteiger partial charge in [0.25, 0.3) is 5.91 Å². The largest absolute Gasteiger partial charge is 0.349 e. The lowest BCUT2D eigenvalue weighted by atomic mass is 10.0. The summed E-state index contributed by atoms with van der Waals surface area (Å²) in [6.45, 7) is 5.90. The van der Waals surface area contributed by atoms with E-state index < -0.39 is 11.7 Å². The Hall–Kier alpha value is -1.64. The summed E-state index contributed by atoms with van der Waals surface area (Å²) in [5.41, 5.74) is 3.68. The van der Waals surface area contributed by atoms with E-state index in [0.717, 1.165) is 6.42 Å². The topological polar surface area (TPSA) is 46.2 Å². The molecular formula is C13H17NO2. The molecule has 0 spiro atoms. The zero-order valence-corrected chi connectivity index (χ0v) is 9.96. The van der Waals surface area contributed by atoms with Gasteiger partial charge in [0, 0.05) is 13.5 Å². The molecule has 0 aromatic heterocycles. The summed E-state index contributed by atoms with van der Waals surface area (Å²) in [5.74, 6) is -0.955. The first-order chi connectivity index (χ1) is 7.50. The standard InChI is InChI=1S/C13H17NO2/c1-9-4-5-12(8-10(9)2)6-7-14-13(16)11(3)15/h4-5,8H,6-7H2,1-3H3,(H,14,16). The molecule has 0 heterocycles. The zero-order valence-electron chi connectivity index (χ0n) is 9.96. The van der Waals surface area contributed by atoms with Crippen molar-refractivity contribution in [2.24, 2.45) is 0 Å². The smallest absolute Gasteiger partial charge is 0.287 e. The lowest BCUT2D eigenvalue weighted by molar-refractivity contribution is -0.136. The minimum absolute atomic E-state index is 0.444. The monoisotopic (exact) mass is 219 g/mol. The van der Waals surface area contributed by atoms with E-state index in [2.05, 4.69) is 31.3 Å². The summed E-state index contributed by atoms with van der Waals surface area (Å²) >= 11 is 0. The highest BCUT2D eigenvalue weighted by molar-refractivity contribution is 6.35. The minimum atomic E-state index is -0.510. The van der Waals surface area contributed by atoms with Crippen molar-refractivity contribution in [2.45, 2.75) is 27.2 Å². The number of rotatable bonds is 4. The van der Waals surface area contributed by atoms with Crippen LogP contribution in [0.3, 0.4) is 0 Å². The number of carbonyl (C=O) groups excluding carboxylic acids is 2. The van der Waals surface area contributed by atoms with Gasteiger partial charge in [-0.25, -0.2) is 0 Å². The van der Waals surface area contributed by atoms with Crippen LogP contribution in [-0.4, -0.2) is 18.2 Å². The molecule has 0 radical (unpaired) electrons. The molecule has 0 aliphatic carbocycles. The summed E-state index contributed by atoms with van der Waals surface area (Å²) in [6.07, 6.45) is 0.750. The van der Waals surface area contributed by atoms with Gasteiger partial charge in [-0.3, -0.25) is 9.59 Å². The van der Waals surface area contributed by atoms with Gasteiger partial charge in [0.15, 0.2) is 0 Å². The molecule has 0 aliphatic heterocycles. The Bertz CT molecular complexity index is 410. The molecule has 3 heteroatoms. The Morgan fingerprint density at radius 2 is 1.88 bits per heavy atom. The third-order valence-corrected chi connectivity index (χ3v) is 2.59. The third-order valence-electron chi connectivity index (χ3n) is 2.59. The SMILES string of the molecule is CC(=O)C(=O)NCCc1ccc(C)c(C)c1. The Kier molecular flexibility index (Phi) is 4.23. The lowest BCUT2D eigenvalue weighted by Crippen LogP contribution is -2.30. The van der Waals surface area contributed by atoms with Crippen molar-refractivity contribution < 1.29 is 9.59 Å². The number of benzene rings is 1. The predicted octanol–water partition coefficient (Wildman–Crippen LogP) is 1.55. The van der Waals surface area contributed by atoms with Crippen LogP contribution in [0, 0.1) is 13.8 Å². The molecule has 16 heavy (non-hydrogen) atoms. The molecule has 0 atom stereocenters. The van der Waals surface area contributed by atoms with Gasteiger partial charge in [0.1, 0.15) is 0 Å². The first-order valence-electron chi connectivity index (χ1n) is 5.35. The van der Waals surface area contributed by atoms with Gasteiger partial charge in [-0.15, -0.1) is 0 Å². The molecule has 1 rings (SSSR count). The molecule has 3 nitrogen and oxygen atoms in total. The van der Waals surface area contributed by atoms with Crippen LogP contribution in [0.15, 0.2) is 18.2 Å². The van der Waals surface area contributed by atoms with Gasteiger partial charge in [0.2, 0.25) is 5.78 Å². The number of amides is 1. The van der Waals surface area contributed by atoms with Crippen molar-refractivity contribution in [1.82, 2.24) is 5.32 Å². The molecule has 0 unspecified atom stereocenters. The third kappa shape index (κ3) is 3.50. The van der Waals surface area contributed by atoms with Crippen molar-refractivity contribution in [3.63, 3.8) is 0 Å². The van der Waals surface area contributed by atoms with E-state index >= 15 is 0 Å². The van der Waals surface area contributed by atoms with Gasteiger partial charge in [-0.2, -0.15) is 0 Å². The summed E-state index contributed by atoms with van der Waals surface area (Å²) in [4.78, 5) is 21.7. The Balaban J connectivity index is 2.46. The minimum Gasteiger partial charge on any atom is -0.349 e. The molecule has 1 aromatic carbocycles. The molecule has 1 aromatic rings. The first-order valence-corrected chi connectivity index (χ1v) is 5.35. The van der Waals surface area contributed by atoms with E-state index in [-0.39, 0.29) is 0 Å². The molecule has 0 saturated heterocycles. The van der Waals surface area contributed by atoms with Crippen LogP contribution in [0.1, 0.15) is 23.6 Å². The maximum Gasteiger partial charge on any atom is 0.287 e. The first kappa shape index (κ1) is 12.4. The molecule has 0 fully saturated rings. The van der Waals surface area contributed by atoms with Gasteiger partial charge in [-0.05, 0) is 37.0 Å². The average Bonchev–Trinajstić information content (AvgIpc) is 2.23. The molecule has 1 N–H and O–H groups in total. The second kappa shape index (κ2) is 5.45. The molecule has 0 aliphatic rings. The van der Waals surface area contributed by atoms with Crippen molar-refractivity contribution >= 4 is 11.7 Å². The van der Waals surface area contributed by atoms with Gasteiger partial charge < -0.3 is 5.32 Å². The maximum atomic E-state index is 11.0. The average molecular weight is 219 g/mol. The number of aryl methyl sites for hydroxylation is 2. The highest BCUT2D eigenvalue weighted by atomic mass is 16.2. The van der Waals surface area contributed by atoms with E-state index in [4.69, 9.17) is 0 Å². The van der Waals surface area contributed by atoms with Crippen LogP contribution in [-0.2, 0) is 16.0 Å². The fourth-order valence-electron chi connectivity index (χ4n) is 1.40. The summed E-state index contributed by atoms with van der Waals surface area (Å²) in [7, 11) is 0. The maximum absolute atomic E-state index is 11.0. The molecule has 0 bridgehead atoms. The fourth-order valence-corrected chi connectivity index (χ4v) is 1.40. The fraction of sp³-hybridized carbons (Fsp3) is 0.385. The van der Waals surface area contributed by atoms with Crippen LogP contribution in [0.5, 0.6) is 0 Å². The Morgan fingerprint density at radius 3 is 2.44 bits per heavy atom. The lowest BCUT2D eigenvalue weighted by Gasteiger charge is -2.06. The number of Topliss-reactive ketones (excluding diaryl/α,β-unsaturated/α-hetero) is 1. The molecule has 1 amide bonds. The summed E-state index contributed by atoms with van der Waals surface area (Å²) in [6, 6.07) is 6.22. The second-order valence-electron chi connectivity index (χ2n) is 3.98. The highest BCUT2D eigenvalue weighted by Crippen LogP contribution is 2.09. The number of hydrogen-bond donors (Lipinski definition) is 1. The number of ketones is 1. The predicted molar refractivity (Wildman–Crippen MR) is 63.3 cm³/mol. The van der Waals surface area contributed by atoms with Gasteiger partial charge >= 0.3 is 0 Å². The van der Waals surface area contributed by atoms with E-state index in [1.54, 1.807) is 0 Å². The van der Waals surface area contributed by atoms with E-state index in [0.29, 0.717) is 6.54 Å². The normalized spacial score (nSPS) is 9.94. The van der Waals surface area contributed by atoms with E-state index in [1.807, 2.05) is 6.07 Å². The molecule has 0 saturated carbocycles. The number of hydrogen-bond acceptors (Lipinski definition) is 2. The van der Waals surface area contributed by atoms with Crippen LogP contribution >= 0.6 is 0 Å². The van der Waals surface area contributed by atoms with Crippen molar-refractivity contribution in [1.29, 1.82) is 0 Å². The Labute approximate surface area is 95.9 Å². The second-order valence-corrected chi connectivity index (χ2v) is 3.98. The summed E-state index contributed by atoms with van der Waals surface area (Å²) < 4.78 is 0. The summed E-state index contributed by atoms with van der Waals surface area (Å²) in [5, 5.41) is 2.58. The van der Waals surface area contributed by atoms with Crippen molar-refractivity contribution in [2.75, 3.05) is 6.54 Å². The zero-order chi connectivity index (χ0) is 12.1. The molecule has 86 valence electrons. The molecular weight excluding hydrogens is 202 g/mol. The van der Waals surface area contributed by atoms with E-state index in [9.17, 15) is 9.59 Å². The van der Waals surface area contributed by atoms with E-state index in [1.165, 1.54) is 23.6 Å². The van der Waals surface area contributed by atoms with Gasteiger partial charge in [-0.1, -0.05) is 18.2 Å². The number of carbonyl (C=O) groups is 2. The number of nitrogens with one attached hydrogen (secondary N) is 1. The highest BCUT2D eigenvalue weighted by Gasteiger charge is 2.05. The quantitative estimate of drug-likeness (QED) is 0.781. The van der Waals surface area contributed by atoms with Crippen molar-refractivity contribution in [3.05, 3.63) is 34.9 Å². The van der Waals surface area contributed by atoms with Gasteiger partial charge in [0.05, 0.1) is 0 Å².